The normalized spacial score (nSPS) is 17.3. The molecule has 0 aromatic heterocycles. The van der Waals surface area contributed by atoms with Crippen LogP contribution in [0.3, 0.4) is 0 Å². The zero-order valence-corrected chi connectivity index (χ0v) is 13.9. The minimum Gasteiger partial charge on any atom is -0.508 e. The van der Waals surface area contributed by atoms with Gasteiger partial charge < -0.3 is 15.5 Å². The minimum absolute atomic E-state index is 0.210. The van der Waals surface area contributed by atoms with Crippen molar-refractivity contribution in [1.29, 1.82) is 0 Å². The van der Waals surface area contributed by atoms with Crippen molar-refractivity contribution in [2.75, 3.05) is 19.6 Å². The van der Waals surface area contributed by atoms with E-state index in [4.69, 9.17) is 0 Å². The summed E-state index contributed by atoms with van der Waals surface area (Å²) in [6.07, 6.45) is 4.56. The summed E-state index contributed by atoms with van der Waals surface area (Å²) < 4.78 is 0. The highest BCUT2D eigenvalue weighted by atomic mass is 16.4. The second-order valence-corrected chi connectivity index (χ2v) is 6.30. The third kappa shape index (κ3) is 5.22. The van der Waals surface area contributed by atoms with Crippen molar-refractivity contribution in [3.8, 4) is 5.75 Å². The van der Waals surface area contributed by atoms with Crippen LogP contribution in [-0.4, -0.2) is 52.8 Å². The van der Waals surface area contributed by atoms with Gasteiger partial charge in [-0.2, -0.15) is 0 Å². The highest BCUT2D eigenvalue weighted by molar-refractivity contribution is 5.74. The van der Waals surface area contributed by atoms with Crippen LogP contribution >= 0.6 is 0 Å². The number of phenolic OH excluding ortho intramolecular Hbond substituents is 1. The number of carboxylic acid groups (broad SMARTS) is 1. The van der Waals surface area contributed by atoms with Gasteiger partial charge in [-0.1, -0.05) is 25.5 Å². The second kappa shape index (κ2) is 8.89. The molecule has 0 bridgehead atoms. The number of unbranched alkanes of at least 4 members (excludes halogenated alkanes) is 1. The van der Waals surface area contributed by atoms with Crippen LogP contribution in [0.15, 0.2) is 24.3 Å². The molecule has 0 spiro atoms. The summed E-state index contributed by atoms with van der Waals surface area (Å²) in [6.45, 7) is 4.88. The first kappa shape index (κ1) is 17.8. The highest BCUT2D eigenvalue weighted by Gasteiger charge is 2.31. The van der Waals surface area contributed by atoms with Gasteiger partial charge in [-0.15, -0.1) is 0 Å². The van der Waals surface area contributed by atoms with Crippen molar-refractivity contribution in [2.24, 2.45) is 0 Å². The van der Waals surface area contributed by atoms with Crippen LogP contribution in [0.25, 0.3) is 0 Å². The average molecular weight is 320 g/mol. The lowest BCUT2D eigenvalue weighted by molar-refractivity contribution is -0.144. The minimum atomic E-state index is -0.757. The molecule has 1 aliphatic rings. The van der Waals surface area contributed by atoms with Gasteiger partial charge in [0.2, 0.25) is 0 Å². The molecule has 1 fully saturated rings. The summed E-state index contributed by atoms with van der Waals surface area (Å²) in [5.74, 6) is -0.547. The second-order valence-electron chi connectivity index (χ2n) is 6.30. The monoisotopic (exact) mass is 320 g/mol. The molecule has 5 nitrogen and oxygen atoms in total. The molecule has 1 atom stereocenters. The fourth-order valence-electron chi connectivity index (χ4n) is 3.27. The summed E-state index contributed by atoms with van der Waals surface area (Å²) in [5, 5.41) is 22.5. The van der Waals surface area contributed by atoms with E-state index in [0.717, 1.165) is 50.9 Å². The Morgan fingerprint density at radius 1 is 1.30 bits per heavy atom. The smallest absolute Gasteiger partial charge is 0.321 e. The van der Waals surface area contributed by atoms with Gasteiger partial charge in [0, 0.05) is 6.04 Å². The van der Waals surface area contributed by atoms with E-state index in [1.807, 2.05) is 12.1 Å². The number of aromatic hydroxyl groups is 1. The number of hydrogen-bond acceptors (Lipinski definition) is 4. The van der Waals surface area contributed by atoms with Crippen molar-refractivity contribution in [3.63, 3.8) is 0 Å². The molecule has 1 heterocycles. The summed E-state index contributed by atoms with van der Waals surface area (Å²) in [6, 6.07) is 6.69. The molecule has 0 radical (unpaired) electrons. The van der Waals surface area contributed by atoms with Crippen LogP contribution in [0.4, 0.5) is 0 Å². The fourth-order valence-corrected chi connectivity index (χ4v) is 3.27. The lowest BCUT2D eigenvalue weighted by atomic mass is 9.98. The first-order chi connectivity index (χ1) is 11.1. The van der Waals surface area contributed by atoms with Crippen molar-refractivity contribution in [2.45, 2.75) is 51.1 Å². The molecular weight excluding hydrogens is 292 g/mol. The molecule has 128 valence electrons. The van der Waals surface area contributed by atoms with Crippen LogP contribution in [0.1, 0.15) is 38.2 Å². The number of phenols is 1. The third-order valence-electron chi connectivity index (χ3n) is 4.60. The molecular formula is C18H28N2O3. The van der Waals surface area contributed by atoms with E-state index in [9.17, 15) is 15.0 Å². The Kier molecular flexibility index (Phi) is 6.86. The molecule has 1 aromatic carbocycles. The van der Waals surface area contributed by atoms with E-state index in [-0.39, 0.29) is 5.75 Å². The van der Waals surface area contributed by atoms with E-state index in [1.165, 1.54) is 0 Å². The van der Waals surface area contributed by atoms with E-state index in [0.29, 0.717) is 12.5 Å². The molecule has 0 amide bonds. The Balaban J connectivity index is 2.14. The number of piperidine rings is 1. The molecule has 1 saturated heterocycles. The van der Waals surface area contributed by atoms with E-state index < -0.39 is 12.0 Å². The zero-order chi connectivity index (χ0) is 16.7. The third-order valence-corrected chi connectivity index (χ3v) is 4.60. The zero-order valence-electron chi connectivity index (χ0n) is 13.9. The van der Waals surface area contributed by atoms with Gasteiger partial charge in [0.25, 0.3) is 0 Å². The van der Waals surface area contributed by atoms with Gasteiger partial charge in [0.05, 0.1) is 0 Å². The number of rotatable bonds is 8. The topological polar surface area (TPSA) is 72.8 Å². The Morgan fingerprint density at radius 2 is 1.96 bits per heavy atom. The Hall–Kier alpha value is -1.59. The molecule has 5 heteroatoms. The van der Waals surface area contributed by atoms with Gasteiger partial charge in [0.1, 0.15) is 11.8 Å². The van der Waals surface area contributed by atoms with Gasteiger partial charge in [-0.05, 0) is 63.0 Å². The number of nitrogens with one attached hydrogen (secondary N) is 1. The molecule has 0 aliphatic carbocycles. The van der Waals surface area contributed by atoms with Gasteiger partial charge >= 0.3 is 5.97 Å². The molecule has 2 rings (SSSR count). The van der Waals surface area contributed by atoms with Crippen molar-refractivity contribution >= 4 is 5.97 Å². The van der Waals surface area contributed by atoms with Crippen LogP contribution in [0.5, 0.6) is 5.75 Å². The Bertz CT molecular complexity index is 484. The van der Waals surface area contributed by atoms with Crippen LogP contribution in [0, 0.1) is 0 Å². The fraction of sp³-hybridized carbons (Fsp3) is 0.611. The summed E-state index contributed by atoms with van der Waals surface area (Å²) in [7, 11) is 0. The number of hydrogen-bond donors (Lipinski definition) is 3. The summed E-state index contributed by atoms with van der Waals surface area (Å²) in [4.78, 5) is 14.1. The van der Waals surface area contributed by atoms with E-state index in [1.54, 1.807) is 12.1 Å². The van der Waals surface area contributed by atoms with Crippen LogP contribution in [-0.2, 0) is 11.2 Å². The summed E-state index contributed by atoms with van der Waals surface area (Å²) >= 11 is 0. The number of carboxylic acids is 1. The maximum absolute atomic E-state index is 11.9. The standard InChI is InChI=1S/C18H28N2O3/c1-2-3-12-20(15-8-10-19-11-9-15)17(18(22)23)13-14-4-6-16(21)7-5-14/h4-7,15,17,19,21H,2-3,8-13H2,1H3,(H,22,23)/t17-/m0/s1. The van der Waals surface area contributed by atoms with Crippen LogP contribution < -0.4 is 5.32 Å². The molecule has 1 aliphatic heterocycles. The molecule has 1 aromatic rings. The highest BCUT2D eigenvalue weighted by Crippen LogP contribution is 2.20. The Labute approximate surface area is 138 Å². The van der Waals surface area contributed by atoms with E-state index in [2.05, 4.69) is 17.1 Å². The molecule has 23 heavy (non-hydrogen) atoms. The van der Waals surface area contributed by atoms with E-state index >= 15 is 0 Å². The number of carbonyl (C=O) groups is 1. The maximum atomic E-state index is 11.9. The van der Waals surface area contributed by atoms with Crippen molar-refractivity contribution in [3.05, 3.63) is 29.8 Å². The predicted molar refractivity (Wildman–Crippen MR) is 90.7 cm³/mol. The lowest BCUT2D eigenvalue weighted by Gasteiger charge is -2.38. The lowest BCUT2D eigenvalue weighted by Crippen LogP contribution is -2.52. The first-order valence-corrected chi connectivity index (χ1v) is 8.59. The summed E-state index contributed by atoms with van der Waals surface area (Å²) in [5.41, 5.74) is 0.950. The predicted octanol–water partition coefficient (Wildman–Crippen LogP) is 2.24. The van der Waals surface area contributed by atoms with Crippen LogP contribution in [0.2, 0.25) is 0 Å². The number of nitrogens with zero attached hydrogens (tertiary/aromatic N) is 1. The van der Waals surface area contributed by atoms with Gasteiger partial charge in [0.15, 0.2) is 0 Å². The first-order valence-electron chi connectivity index (χ1n) is 8.59. The molecule has 0 saturated carbocycles. The van der Waals surface area contributed by atoms with Gasteiger partial charge in [-0.25, -0.2) is 0 Å². The number of benzene rings is 1. The van der Waals surface area contributed by atoms with Crippen molar-refractivity contribution in [1.82, 2.24) is 10.2 Å². The maximum Gasteiger partial charge on any atom is 0.321 e. The van der Waals surface area contributed by atoms with Crippen molar-refractivity contribution < 1.29 is 15.0 Å². The van der Waals surface area contributed by atoms with Gasteiger partial charge in [-0.3, -0.25) is 9.69 Å². The SMILES string of the molecule is CCCCN(C1CCNCC1)[C@@H](Cc1ccc(O)cc1)C(=O)O. The molecule has 3 N–H and O–H groups in total. The Morgan fingerprint density at radius 3 is 2.52 bits per heavy atom. The number of aliphatic carboxylic acids is 1. The average Bonchev–Trinajstić information content (AvgIpc) is 2.56. The largest absolute Gasteiger partial charge is 0.508 e. The quantitative estimate of drug-likeness (QED) is 0.685. The molecule has 0 unspecified atom stereocenters.